The van der Waals surface area contributed by atoms with Crippen LogP contribution < -0.4 is 0 Å². The molecule has 0 aliphatic carbocycles. The number of carbonyl (C=O) groups is 1. The number of aryl methyl sites for hydroxylation is 1. The number of rotatable bonds is 15. The predicted molar refractivity (Wildman–Crippen MR) is 129 cm³/mol. The highest BCUT2D eigenvalue weighted by atomic mass is 16.7. The Hall–Kier alpha value is -2.29. The topological polar surface area (TPSA) is 46.5 Å². The molecule has 1 unspecified atom stereocenters. The molecule has 0 spiro atoms. The van der Waals surface area contributed by atoms with Gasteiger partial charge in [-0.15, -0.1) is 0 Å². The molecule has 31 heavy (non-hydrogen) atoms. The highest BCUT2D eigenvalue weighted by Gasteiger charge is 2.19. The number of carboxylic acid groups (broad SMARTS) is 1. The smallest absolute Gasteiger partial charge is 0.450 e. The second kappa shape index (κ2) is 14.7. The number of ether oxygens (including phenoxy) is 1. The molecular formula is C28H40O3. The van der Waals surface area contributed by atoms with Gasteiger partial charge in [0.05, 0.1) is 6.61 Å². The third-order valence-corrected chi connectivity index (χ3v) is 6.08. The van der Waals surface area contributed by atoms with Crippen LogP contribution in [0.5, 0.6) is 0 Å². The van der Waals surface area contributed by atoms with Crippen molar-refractivity contribution in [3.05, 3.63) is 70.8 Å². The molecule has 0 amide bonds. The Morgan fingerprint density at radius 1 is 0.839 bits per heavy atom. The standard InChI is InChI=1S/C28H40O3/c1-3-5-15-23-18-14-21-27(25(23)19-6-4-2)26(24-16-10-9-11-17-24)20-12-7-8-13-22-31-28(29)30/h9-11,14,16-18,21,26H,3-8,12-13,15,19-20,22H2,1-2H3,(H,29,30). The van der Waals surface area contributed by atoms with Crippen LogP contribution in [0.1, 0.15) is 99.8 Å². The Morgan fingerprint density at radius 2 is 1.55 bits per heavy atom. The maximum absolute atomic E-state index is 10.5. The van der Waals surface area contributed by atoms with Gasteiger partial charge in [-0.2, -0.15) is 0 Å². The van der Waals surface area contributed by atoms with Crippen LogP contribution in [0.3, 0.4) is 0 Å². The van der Waals surface area contributed by atoms with E-state index in [0.717, 1.165) is 32.1 Å². The summed E-state index contributed by atoms with van der Waals surface area (Å²) in [5.41, 5.74) is 6.05. The van der Waals surface area contributed by atoms with Gasteiger partial charge in [0.1, 0.15) is 0 Å². The van der Waals surface area contributed by atoms with Crippen LogP contribution in [0.25, 0.3) is 0 Å². The minimum absolute atomic E-state index is 0.304. The van der Waals surface area contributed by atoms with E-state index < -0.39 is 6.16 Å². The Kier molecular flexibility index (Phi) is 11.8. The molecule has 0 aromatic heterocycles. The van der Waals surface area contributed by atoms with Crippen molar-refractivity contribution in [1.29, 1.82) is 0 Å². The maximum atomic E-state index is 10.5. The van der Waals surface area contributed by atoms with E-state index in [9.17, 15) is 4.79 Å². The van der Waals surface area contributed by atoms with E-state index in [-0.39, 0.29) is 0 Å². The summed E-state index contributed by atoms with van der Waals surface area (Å²) in [6.07, 6.45) is 11.3. The van der Waals surface area contributed by atoms with Crippen molar-refractivity contribution < 1.29 is 14.6 Å². The normalized spacial score (nSPS) is 11.9. The lowest BCUT2D eigenvalue weighted by Gasteiger charge is -2.24. The lowest BCUT2D eigenvalue weighted by atomic mass is 9.81. The first-order chi connectivity index (χ1) is 15.2. The molecule has 0 aliphatic heterocycles. The van der Waals surface area contributed by atoms with Crippen LogP contribution in [-0.2, 0) is 17.6 Å². The van der Waals surface area contributed by atoms with Gasteiger partial charge in [0, 0.05) is 5.92 Å². The van der Waals surface area contributed by atoms with Gasteiger partial charge >= 0.3 is 6.16 Å². The minimum Gasteiger partial charge on any atom is -0.450 e. The van der Waals surface area contributed by atoms with Gasteiger partial charge in [0.15, 0.2) is 0 Å². The third kappa shape index (κ3) is 8.77. The largest absolute Gasteiger partial charge is 0.505 e. The molecule has 3 heteroatoms. The van der Waals surface area contributed by atoms with Crippen molar-refractivity contribution in [1.82, 2.24) is 0 Å². The van der Waals surface area contributed by atoms with Gasteiger partial charge in [-0.3, -0.25) is 0 Å². The molecule has 0 radical (unpaired) electrons. The van der Waals surface area contributed by atoms with E-state index in [1.807, 2.05) is 0 Å². The van der Waals surface area contributed by atoms with E-state index >= 15 is 0 Å². The van der Waals surface area contributed by atoms with Crippen molar-refractivity contribution in [2.24, 2.45) is 0 Å². The van der Waals surface area contributed by atoms with E-state index in [1.54, 1.807) is 11.1 Å². The first-order valence-corrected chi connectivity index (χ1v) is 12.2. The lowest BCUT2D eigenvalue weighted by molar-refractivity contribution is 0.0899. The van der Waals surface area contributed by atoms with Gasteiger partial charge in [-0.1, -0.05) is 94.5 Å². The fraction of sp³-hybridized carbons (Fsp3) is 0.536. The molecule has 0 aliphatic rings. The molecule has 0 heterocycles. The SMILES string of the molecule is CCCCc1cccc(C(CCCCCCOC(=O)O)c2ccccc2)c1CCCC. The van der Waals surface area contributed by atoms with Crippen LogP contribution in [0.15, 0.2) is 48.5 Å². The monoisotopic (exact) mass is 424 g/mol. The summed E-state index contributed by atoms with van der Waals surface area (Å²) < 4.78 is 4.62. The van der Waals surface area contributed by atoms with Crippen molar-refractivity contribution in [3.8, 4) is 0 Å². The highest BCUT2D eigenvalue weighted by Crippen LogP contribution is 2.35. The highest BCUT2D eigenvalue weighted by molar-refractivity contribution is 5.56. The molecule has 0 saturated heterocycles. The molecule has 0 bridgehead atoms. The van der Waals surface area contributed by atoms with Crippen molar-refractivity contribution in [2.45, 2.75) is 90.4 Å². The number of hydrogen-bond donors (Lipinski definition) is 1. The van der Waals surface area contributed by atoms with E-state index in [0.29, 0.717) is 12.5 Å². The van der Waals surface area contributed by atoms with E-state index in [4.69, 9.17) is 5.11 Å². The zero-order valence-corrected chi connectivity index (χ0v) is 19.4. The van der Waals surface area contributed by atoms with Gasteiger partial charge in [-0.25, -0.2) is 4.79 Å². The molecule has 2 aromatic rings. The Morgan fingerprint density at radius 3 is 2.26 bits per heavy atom. The lowest BCUT2D eigenvalue weighted by Crippen LogP contribution is -2.08. The zero-order chi connectivity index (χ0) is 22.3. The first-order valence-electron chi connectivity index (χ1n) is 12.2. The van der Waals surface area contributed by atoms with Gasteiger partial charge in [0.2, 0.25) is 0 Å². The maximum Gasteiger partial charge on any atom is 0.505 e. The summed E-state index contributed by atoms with van der Waals surface area (Å²) >= 11 is 0. The molecule has 0 saturated carbocycles. The third-order valence-electron chi connectivity index (χ3n) is 6.08. The van der Waals surface area contributed by atoms with Crippen LogP contribution >= 0.6 is 0 Å². The number of unbranched alkanes of at least 4 members (excludes halogenated alkanes) is 5. The molecule has 2 rings (SSSR count). The summed E-state index contributed by atoms with van der Waals surface area (Å²) in [5, 5.41) is 8.58. The summed E-state index contributed by atoms with van der Waals surface area (Å²) in [5.74, 6) is 0.421. The number of hydrogen-bond acceptors (Lipinski definition) is 2. The molecule has 170 valence electrons. The average Bonchev–Trinajstić information content (AvgIpc) is 2.78. The minimum atomic E-state index is -1.17. The van der Waals surface area contributed by atoms with Gasteiger partial charge in [-0.05, 0) is 60.8 Å². The van der Waals surface area contributed by atoms with E-state index in [1.165, 1.54) is 49.7 Å². The quantitative estimate of drug-likeness (QED) is 0.232. The van der Waals surface area contributed by atoms with Crippen molar-refractivity contribution in [2.75, 3.05) is 6.61 Å². The first kappa shape index (κ1) is 25.0. The molecular weight excluding hydrogens is 384 g/mol. The Labute approximate surface area is 188 Å². The Balaban J connectivity index is 2.16. The molecule has 3 nitrogen and oxygen atoms in total. The van der Waals surface area contributed by atoms with Gasteiger partial charge in [0.25, 0.3) is 0 Å². The predicted octanol–water partition coefficient (Wildman–Crippen LogP) is 8.15. The average molecular weight is 425 g/mol. The van der Waals surface area contributed by atoms with E-state index in [2.05, 4.69) is 67.1 Å². The molecule has 1 atom stereocenters. The summed E-state index contributed by atoms with van der Waals surface area (Å²) in [6, 6.07) is 17.9. The number of benzene rings is 2. The van der Waals surface area contributed by atoms with Crippen LogP contribution in [0, 0.1) is 0 Å². The molecule has 1 N–H and O–H groups in total. The Bertz CT molecular complexity index is 754. The van der Waals surface area contributed by atoms with Gasteiger partial charge < -0.3 is 9.84 Å². The van der Waals surface area contributed by atoms with Crippen molar-refractivity contribution in [3.63, 3.8) is 0 Å². The van der Waals surface area contributed by atoms with Crippen LogP contribution in [-0.4, -0.2) is 17.9 Å². The fourth-order valence-electron chi connectivity index (χ4n) is 4.39. The fourth-order valence-corrected chi connectivity index (χ4v) is 4.39. The second-order valence-corrected chi connectivity index (χ2v) is 8.47. The van der Waals surface area contributed by atoms with Crippen molar-refractivity contribution >= 4 is 6.16 Å². The van der Waals surface area contributed by atoms with Crippen LogP contribution in [0.4, 0.5) is 4.79 Å². The second-order valence-electron chi connectivity index (χ2n) is 8.47. The summed E-state index contributed by atoms with van der Waals surface area (Å²) in [4.78, 5) is 10.5. The van der Waals surface area contributed by atoms with Crippen LogP contribution in [0.2, 0.25) is 0 Å². The summed E-state index contributed by atoms with van der Waals surface area (Å²) in [6.45, 7) is 4.85. The molecule has 2 aromatic carbocycles. The zero-order valence-electron chi connectivity index (χ0n) is 19.4. The molecule has 0 fully saturated rings. The summed E-state index contributed by atoms with van der Waals surface area (Å²) in [7, 11) is 0.